The molecular formula is C16H14N4O2. The van der Waals surface area contributed by atoms with Crippen molar-refractivity contribution < 1.29 is 4.79 Å². The monoisotopic (exact) mass is 294 g/mol. The number of H-pyrrole nitrogens is 1. The molecule has 110 valence electrons. The third-order valence-electron chi connectivity index (χ3n) is 3.22. The van der Waals surface area contributed by atoms with Crippen molar-refractivity contribution >= 4 is 11.6 Å². The first-order valence-electron chi connectivity index (χ1n) is 6.77. The fourth-order valence-corrected chi connectivity index (χ4v) is 2.13. The Hall–Kier alpha value is -3.15. The van der Waals surface area contributed by atoms with E-state index in [2.05, 4.69) is 15.5 Å². The molecule has 0 bridgehead atoms. The molecule has 0 aliphatic rings. The van der Waals surface area contributed by atoms with Crippen LogP contribution in [0.3, 0.4) is 0 Å². The van der Waals surface area contributed by atoms with E-state index in [1.54, 1.807) is 18.5 Å². The highest BCUT2D eigenvalue weighted by molar-refractivity contribution is 6.03. The first-order chi connectivity index (χ1) is 10.7. The van der Waals surface area contributed by atoms with Gasteiger partial charge in [0.15, 0.2) is 0 Å². The van der Waals surface area contributed by atoms with Gasteiger partial charge in [-0.3, -0.25) is 14.7 Å². The number of anilines is 1. The van der Waals surface area contributed by atoms with Crippen molar-refractivity contribution in [3.63, 3.8) is 0 Å². The summed E-state index contributed by atoms with van der Waals surface area (Å²) in [5, 5.41) is 8.96. The Balaban J connectivity index is 1.86. The Labute approximate surface area is 126 Å². The average molecular weight is 294 g/mol. The number of pyridine rings is 1. The SMILES string of the molecule is O=C(Nc1cn[nH]c1)c1cccn(Cc2ccccc2)c1=O. The van der Waals surface area contributed by atoms with Gasteiger partial charge in [-0.05, 0) is 17.7 Å². The summed E-state index contributed by atoms with van der Waals surface area (Å²) in [6.07, 6.45) is 4.69. The van der Waals surface area contributed by atoms with Gasteiger partial charge in [0.25, 0.3) is 11.5 Å². The molecule has 6 nitrogen and oxygen atoms in total. The van der Waals surface area contributed by atoms with E-state index in [9.17, 15) is 9.59 Å². The number of carbonyl (C=O) groups is 1. The predicted octanol–water partition coefficient (Wildman–Crippen LogP) is 1.87. The first-order valence-corrected chi connectivity index (χ1v) is 6.77. The van der Waals surface area contributed by atoms with Crippen LogP contribution in [0.1, 0.15) is 15.9 Å². The molecule has 2 aromatic heterocycles. The highest BCUT2D eigenvalue weighted by Gasteiger charge is 2.12. The Bertz CT molecular complexity index is 823. The molecule has 0 atom stereocenters. The maximum absolute atomic E-state index is 12.4. The van der Waals surface area contributed by atoms with Crippen LogP contribution in [0.25, 0.3) is 0 Å². The minimum atomic E-state index is -0.450. The number of amides is 1. The van der Waals surface area contributed by atoms with Crippen LogP contribution in [0.4, 0.5) is 5.69 Å². The number of aromatic nitrogens is 3. The highest BCUT2D eigenvalue weighted by Crippen LogP contribution is 2.05. The van der Waals surface area contributed by atoms with Crippen LogP contribution in [-0.4, -0.2) is 20.7 Å². The largest absolute Gasteiger partial charge is 0.319 e. The van der Waals surface area contributed by atoms with E-state index in [1.807, 2.05) is 30.3 Å². The van der Waals surface area contributed by atoms with Crippen LogP contribution in [0.2, 0.25) is 0 Å². The highest BCUT2D eigenvalue weighted by atomic mass is 16.2. The summed E-state index contributed by atoms with van der Waals surface area (Å²) in [5.41, 5.74) is 1.28. The quantitative estimate of drug-likeness (QED) is 0.771. The summed E-state index contributed by atoms with van der Waals surface area (Å²) in [5.74, 6) is -0.450. The summed E-state index contributed by atoms with van der Waals surface area (Å²) in [6.45, 7) is 0.423. The van der Waals surface area contributed by atoms with Crippen LogP contribution in [0.5, 0.6) is 0 Å². The van der Waals surface area contributed by atoms with Gasteiger partial charge in [-0.2, -0.15) is 5.10 Å². The van der Waals surface area contributed by atoms with E-state index < -0.39 is 5.91 Å². The van der Waals surface area contributed by atoms with E-state index in [0.717, 1.165) is 5.56 Å². The van der Waals surface area contributed by atoms with Crippen LogP contribution in [0, 0.1) is 0 Å². The molecule has 0 aliphatic carbocycles. The molecule has 3 rings (SSSR count). The van der Waals surface area contributed by atoms with Gasteiger partial charge in [0.2, 0.25) is 0 Å². The van der Waals surface area contributed by atoms with Crippen molar-refractivity contribution in [2.45, 2.75) is 6.54 Å². The maximum Gasteiger partial charge on any atom is 0.263 e. The van der Waals surface area contributed by atoms with Crippen molar-refractivity contribution in [1.82, 2.24) is 14.8 Å². The van der Waals surface area contributed by atoms with Crippen molar-refractivity contribution in [3.8, 4) is 0 Å². The summed E-state index contributed by atoms with van der Waals surface area (Å²) in [4.78, 5) is 24.6. The van der Waals surface area contributed by atoms with Gasteiger partial charge in [0, 0.05) is 12.4 Å². The molecule has 0 radical (unpaired) electrons. The molecule has 0 saturated heterocycles. The van der Waals surface area contributed by atoms with Gasteiger partial charge in [-0.1, -0.05) is 30.3 Å². The third kappa shape index (κ3) is 2.95. The minimum absolute atomic E-state index is 0.0969. The fraction of sp³-hybridized carbons (Fsp3) is 0.0625. The Morgan fingerprint density at radius 2 is 2.00 bits per heavy atom. The summed E-state index contributed by atoms with van der Waals surface area (Å²) >= 11 is 0. The number of nitrogens with zero attached hydrogens (tertiary/aromatic N) is 2. The molecule has 22 heavy (non-hydrogen) atoms. The molecule has 2 heterocycles. The second kappa shape index (κ2) is 6.09. The standard InChI is InChI=1S/C16H14N4O2/c21-15(19-13-9-17-18-10-13)14-7-4-8-20(16(14)22)11-12-5-2-1-3-6-12/h1-10H,11H2,(H,17,18)(H,19,21). The number of aromatic amines is 1. The first kappa shape index (κ1) is 13.8. The van der Waals surface area contributed by atoms with Gasteiger partial charge in [0.05, 0.1) is 18.4 Å². The minimum Gasteiger partial charge on any atom is -0.319 e. The maximum atomic E-state index is 12.4. The van der Waals surface area contributed by atoms with Gasteiger partial charge < -0.3 is 9.88 Å². The van der Waals surface area contributed by atoms with Crippen molar-refractivity contribution in [3.05, 3.63) is 82.5 Å². The van der Waals surface area contributed by atoms with Crippen molar-refractivity contribution in [2.75, 3.05) is 5.32 Å². The second-order valence-corrected chi connectivity index (χ2v) is 4.78. The van der Waals surface area contributed by atoms with E-state index >= 15 is 0 Å². The van der Waals surface area contributed by atoms with Crippen molar-refractivity contribution in [1.29, 1.82) is 0 Å². The zero-order valence-corrected chi connectivity index (χ0v) is 11.7. The van der Waals surface area contributed by atoms with Gasteiger partial charge in [-0.25, -0.2) is 0 Å². The number of nitrogens with one attached hydrogen (secondary N) is 2. The smallest absolute Gasteiger partial charge is 0.263 e. The average Bonchev–Trinajstić information content (AvgIpc) is 3.03. The lowest BCUT2D eigenvalue weighted by Crippen LogP contribution is -2.28. The Morgan fingerprint density at radius 1 is 1.18 bits per heavy atom. The zero-order chi connectivity index (χ0) is 15.4. The fourth-order valence-electron chi connectivity index (χ4n) is 2.13. The van der Waals surface area contributed by atoms with Crippen LogP contribution in [0.15, 0.2) is 65.8 Å². The van der Waals surface area contributed by atoms with E-state index in [1.165, 1.54) is 16.8 Å². The summed E-state index contributed by atoms with van der Waals surface area (Å²) in [7, 11) is 0. The van der Waals surface area contributed by atoms with E-state index in [0.29, 0.717) is 12.2 Å². The summed E-state index contributed by atoms with van der Waals surface area (Å²) < 4.78 is 1.51. The zero-order valence-electron chi connectivity index (χ0n) is 11.7. The van der Waals surface area contributed by atoms with Gasteiger partial charge in [0.1, 0.15) is 5.56 Å². The molecule has 2 N–H and O–H groups in total. The molecule has 0 unspecified atom stereocenters. The van der Waals surface area contributed by atoms with E-state index in [4.69, 9.17) is 0 Å². The molecule has 0 fully saturated rings. The molecule has 6 heteroatoms. The lowest BCUT2D eigenvalue weighted by atomic mass is 10.2. The molecule has 0 spiro atoms. The lowest BCUT2D eigenvalue weighted by molar-refractivity contribution is 0.102. The number of benzene rings is 1. The Kier molecular flexibility index (Phi) is 3.82. The topological polar surface area (TPSA) is 79.8 Å². The molecular weight excluding hydrogens is 280 g/mol. The normalized spacial score (nSPS) is 10.4. The Morgan fingerprint density at radius 3 is 2.73 bits per heavy atom. The summed E-state index contributed by atoms with van der Waals surface area (Å²) in [6, 6.07) is 12.8. The van der Waals surface area contributed by atoms with Crippen LogP contribution < -0.4 is 10.9 Å². The van der Waals surface area contributed by atoms with Crippen LogP contribution >= 0.6 is 0 Å². The lowest BCUT2D eigenvalue weighted by Gasteiger charge is -2.08. The molecule has 1 aromatic carbocycles. The molecule has 1 amide bonds. The van der Waals surface area contributed by atoms with Gasteiger partial charge >= 0.3 is 0 Å². The number of hydrogen-bond acceptors (Lipinski definition) is 3. The van der Waals surface area contributed by atoms with Crippen LogP contribution in [-0.2, 0) is 6.54 Å². The van der Waals surface area contributed by atoms with E-state index in [-0.39, 0.29) is 11.1 Å². The predicted molar refractivity (Wildman–Crippen MR) is 82.8 cm³/mol. The number of hydrogen-bond donors (Lipinski definition) is 2. The molecule has 0 saturated carbocycles. The molecule has 3 aromatic rings. The number of carbonyl (C=O) groups excluding carboxylic acids is 1. The van der Waals surface area contributed by atoms with Crippen molar-refractivity contribution in [2.24, 2.45) is 0 Å². The third-order valence-corrected chi connectivity index (χ3v) is 3.22. The number of rotatable bonds is 4. The second-order valence-electron chi connectivity index (χ2n) is 4.78. The van der Waals surface area contributed by atoms with Gasteiger partial charge in [-0.15, -0.1) is 0 Å². The molecule has 0 aliphatic heterocycles.